The van der Waals surface area contributed by atoms with Crippen LogP contribution in [0, 0.1) is 0 Å². The zero-order chi connectivity index (χ0) is 5.66. The van der Waals surface area contributed by atoms with E-state index in [9.17, 15) is 0 Å². The molecule has 0 nitrogen and oxygen atoms in total. The van der Waals surface area contributed by atoms with Crippen LogP contribution in [0.1, 0.15) is 25.7 Å². The van der Waals surface area contributed by atoms with Crippen molar-refractivity contribution < 1.29 is 17.1 Å². The van der Waals surface area contributed by atoms with Crippen LogP contribution in [0.2, 0.25) is 0 Å². The second-order valence-electron chi connectivity index (χ2n) is 2.14. The molecule has 0 aliphatic heterocycles. The normalized spacial score (nSPS) is 17.8. The zero-order valence-electron chi connectivity index (χ0n) is 5.44. The van der Waals surface area contributed by atoms with Crippen molar-refractivity contribution in [1.29, 1.82) is 0 Å². The monoisotopic (exact) mass is 171 g/mol. The Morgan fingerprint density at radius 2 is 1.22 bits per heavy atom. The van der Waals surface area contributed by atoms with Gasteiger partial charge in [0.25, 0.3) is 0 Å². The summed E-state index contributed by atoms with van der Waals surface area (Å²) >= 11 is 0. The minimum atomic E-state index is 0. The molecule has 1 rings (SSSR count). The molecule has 0 atom stereocenters. The average molecular weight is 172 g/mol. The molecule has 0 fully saturated rings. The molecule has 0 radical (unpaired) electrons. The van der Waals surface area contributed by atoms with E-state index in [2.05, 4.69) is 24.3 Å². The average Bonchev–Trinajstić information content (AvgIpc) is 1.62. The van der Waals surface area contributed by atoms with E-state index in [1.807, 2.05) is 0 Å². The molecule has 0 saturated carbocycles. The molecule has 0 unspecified atom stereocenters. The molecule has 0 amide bonds. The Balaban J connectivity index is 0.000000640. The van der Waals surface area contributed by atoms with E-state index in [0.29, 0.717) is 0 Å². The molecule has 0 N–H and O–H groups in total. The maximum Gasteiger partial charge on any atom is 1.00 e. The van der Waals surface area contributed by atoms with Gasteiger partial charge >= 0.3 is 17.1 Å². The van der Waals surface area contributed by atoms with Crippen molar-refractivity contribution in [2.24, 2.45) is 0 Å². The molecule has 0 spiro atoms. The number of allylic oxidation sites excluding steroid dienone is 4. The molecule has 9 heavy (non-hydrogen) atoms. The summed E-state index contributed by atoms with van der Waals surface area (Å²) in [6.45, 7) is 0. The Bertz CT molecular complexity index is 89.1. The second-order valence-corrected chi connectivity index (χ2v) is 2.14. The van der Waals surface area contributed by atoms with E-state index < -0.39 is 0 Å². The fraction of sp³-hybridized carbons (Fsp3) is 0.500. The van der Waals surface area contributed by atoms with Gasteiger partial charge in [0.2, 0.25) is 0 Å². The Kier molecular flexibility index (Phi) is 6.12. The van der Waals surface area contributed by atoms with Gasteiger partial charge in [0.1, 0.15) is 0 Å². The van der Waals surface area contributed by atoms with Crippen LogP contribution in [-0.4, -0.2) is 0 Å². The van der Waals surface area contributed by atoms with Crippen molar-refractivity contribution in [1.82, 2.24) is 0 Å². The van der Waals surface area contributed by atoms with Gasteiger partial charge in [-0.1, -0.05) is 24.3 Å². The van der Waals surface area contributed by atoms with E-state index in [1.165, 1.54) is 25.7 Å². The predicted octanol–water partition coefficient (Wildman–Crippen LogP) is 2.67. The molecule has 1 aliphatic carbocycles. The summed E-state index contributed by atoms with van der Waals surface area (Å²) < 4.78 is 0. The summed E-state index contributed by atoms with van der Waals surface area (Å²) in [5.74, 6) is 0. The Labute approximate surface area is 67.5 Å². The van der Waals surface area contributed by atoms with E-state index in [1.54, 1.807) is 0 Å². The first kappa shape index (κ1) is 9.00. The smallest absolute Gasteiger partial charge is 0.0845 e. The molecular weight excluding hydrogens is 160 g/mol. The fourth-order valence-corrected chi connectivity index (χ4v) is 0.874. The van der Waals surface area contributed by atoms with Gasteiger partial charge in [0.05, 0.1) is 0 Å². The van der Waals surface area contributed by atoms with Crippen LogP contribution in [0.4, 0.5) is 0 Å². The van der Waals surface area contributed by atoms with E-state index in [4.69, 9.17) is 0 Å². The Hall–Kier alpha value is -0.000519. The standard InChI is InChI=1S/C8H12.Cu/c1-2-4-6-8-7-5-3-1;/h1-4H,5-8H2;/q;+1. The van der Waals surface area contributed by atoms with Crippen molar-refractivity contribution in [3.05, 3.63) is 24.3 Å². The van der Waals surface area contributed by atoms with Crippen molar-refractivity contribution in [3.63, 3.8) is 0 Å². The van der Waals surface area contributed by atoms with Gasteiger partial charge in [-0.3, -0.25) is 0 Å². The summed E-state index contributed by atoms with van der Waals surface area (Å²) in [6, 6.07) is 0. The number of hydrogen-bond acceptors (Lipinski definition) is 0. The quantitative estimate of drug-likeness (QED) is 0.492. The van der Waals surface area contributed by atoms with Gasteiger partial charge in [-0.15, -0.1) is 0 Å². The van der Waals surface area contributed by atoms with Crippen LogP contribution in [0.25, 0.3) is 0 Å². The van der Waals surface area contributed by atoms with Crippen molar-refractivity contribution in [3.8, 4) is 0 Å². The van der Waals surface area contributed by atoms with Crippen LogP contribution >= 0.6 is 0 Å². The summed E-state index contributed by atoms with van der Waals surface area (Å²) in [7, 11) is 0. The van der Waals surface area contributed by atoms with Crippen molar-refractivity contribution >= 4 is 0 Å². The zero-order valence-corrected chi connectivity index (χ0v) is 6.38. The van der Waals surface area contributed by atoms with Crippen LogP contribution in [0.3, 0.4) is 0 Å². The van der Waals surface area contributed by atoms with Gasteiger partial charge < -0.3 is 0 Å². The summed E-state index contributed by atoms with van der Waals surface area (Å²) in [5.41, 5.74) is 0. The first-order chi connectivity index (χ1) is 4.00. The molecule has 1 heteroatoms. The predicted molar refractivity (Wildman–Crippen MR) is 36.7 cm³/mol. The first-order valence-corrected chi connectivity index (χ1v) is 3.32. The second kappa shape index (κ2) is 6.12. The van der Waals surface area contributed by atoms with Crippen LogP contribution in [0.15, 0.2) is 24.3 Å². The van der Waals surface area contributed by atoms with E-state index >= 15 is 0 Å². The molecule has 0 aromatic heterocycles. The summed E-state index contributed by atoms with van der Waals surface area (Å²) in [6.07, 6.45) is 14.0. The van der Waals surface area contributed by atoms with Crippen LogP contribution in [-0.2, 0) is 17.1 Å². The molecule has 54 valence electrons. The van der Waals surface area contributed by atoms with Crippen LogP contribution < -0.4 is 0 Å². The first-order valence-electron chi connectivity index (χ1n) is 3.32. The molecule has 0 aromatic carbocycles. The third kappa shape index (κ3) is 4.50. The third-order valence-corrected chi connectivity index (χ3v) is 1.37. The molecule has 0 saturated heterocycles. The van der Waals surface area contributed by atoms with Crippen LogP contribution in [0.5, 0.6) is 0 Å². The van der Waals surface area contributed by atoms with Gasteiger partial charge in [0, 0.05) is 0 Å². The van der Waals surface area contributed by atoms with Gasteiger partial charge in [-0.05, 0) is 25.7 Å². The van der Waals surface area contributed by atoms with E-state index in [0.717, 1.165) is 0 Å². The molecular formula is C8H12Cu+. The Morgan fingerprint density at radius 3 is 1.67 bits per heavy atom. The van der Waals surface area contributed by atoms with Crippen molar-refractivity contribution in [2.75, 3.05) is 0 Å². The summed E-state index contributed by atoms with van der Waals surface area (Å²) in [4.78, 5) is 0. The van der Waals surface area contributed by atoms with Gasteiger partial charge in [-0.2, -0.15) is 0 Å². The number of hydrogen-bond donors (Lipinski definition) is 0. The fourth-order valence-electron chi connectivity index (χ4n) is 0.874. The largest absolute Gasteiger partial charge is 1.00 e. The van der Waals surface area contributed by atoms with E-state index in [-0.39, 0.29) is 17.1 Å². The third-order valence-electron chi connectivity index (χ3n) is 1.37. The molecule has 0 heterocycles. The minimum Gasteiger partial charge on any atom is -0.0845 e. The Morgan fingerprint density at radius 1 is 0.778 bits per heavy atom. The van der Waals surface area contributed by atoms with Gasteiger partial charge in [-0.25, -0.2) is 0 Å². The molecule has 0 aromatic rings. The molecule has 0 bridgehead atoms. The maximum atomic E-state index is 2.23. The maximum absolute atomic E-state index is 2.23. The minimum absolute atomic E-state index is 0. The SMILES string of the molecule is C1=CCCCCC=C1.[Cu+]. The van der Waals surface area contributed by atoms with Gasteiger partial charge in [0.15, 0.2) is 0 Å². The number of rotatable bonds is 0. The topological polar surface area (TPSA) is 0 Å². The van der Waals surface area contributed by atoms with Crippen molar-refractivity contribution in [2.45, 2.75) is 25.7 Å². The molecule has 1 aliphatic rings. The summed E-state index contributed by atoms with van der Waals surface area (Å²) in [5, 5.41) is 0.